The van der Waals surface area contributed by atoms with Gasteiger partial charge in [-0.05, 0) is 33.1 Å². The number of rotatable bonds is 2. The van der Waals surface area contributed by atoms with Crippen molar-refractivity contribution in [2.45, 2.75) is 33.1 Å². The minimum absolute atomic E-state index is 0.109. The van der Waals surface area contributed by atoms with Crippen molar-refractivity contribution in [3.63, 3.8) is 0 Å². The van der Waals surface area contributed by atoms with Crippen molar-refractivity contribution in [1.82, 2.24) is 4.98 Å². The molecule has 1 aliphatic carbocycles. The summed E-state index contributed by atoms with van der Waals surface area (Å²) in [6.45, 7) is 3.98. The molecule has 1 aliphatic rings. The zero-order valence-corrected chi connectivity index (χ0v) is 10.4. The lowest BCUT2D eigenvalue weighted by Gasteiger charge is -2.15. The predicted molar refractivity (Wildman–Crippen MR) is 66.7 cm³/mol. The van der Waals surface area contributed by atoms with Crippen LogP contribution >= 0.6 is 11.3 Å². The van der Waals surface area contributed by atoms with E-state index >= 15 is 0 Å². The lowest BCUT2D eigenvalue weighted by molar-refractivity contribution is -0.120. The van der Waals surface area contributed by atoms with E-state index in [0.29, 0.717) is 0 Å². The molecule has 0 bridgehead atoms. The van der Waals surface area contributed by atoms with E-state index < -0.39 is 0 Å². The highest BCUT2D eigenvalue weighted by Crippen LogP contribution is 2.24. The van der Waals surface area contributed by atoms with E-state index in [0.717, 1.165) is 30.1 Å². The molecule has 3 nitrogen and oxygen atoms in total. The molecule has 86 valence electrons. The minimum Gasteiger partial charge on any atom is -0.302 e. The van der Waals surface area contributed by atoms with E-state index in [4.69, 9.17) is 0 Å². The summed E-state index contributed by atoms with van der Waals surface area (Å²) >= 11 is 1.55. The van der Waals surface area contributed by atoms with Crippen LogP contribution in [-0.4, -0.2) is 10.9 Å². The Bertz CT molecular complexity index is 403. The van der Waals surface area contributed by atoms with Gasteiger partial charge < -0.3 is 5.32 Å². The standard InChI is InChI=1S/C12H16N2OS/c1-8-9(2)16-12(13-8)14-11(15)10-6-4-3-5-7-10/h3-4,10H,5-7H2,1-2H3,(H,13,14,15)/t10-/m0/s1. The van der Waals surface area contributed by atoms with Crippen molar-refractivity contribution in [3.05, 3.63) is 22.7 Å². The van der Waals surface area contributed by atoms with Gasteiger partial charge in [-0.1, -0.05) is 12.2 Å². The van der Waals surface area contributed by atoms with Crippen LogP contribution in [0.25, 0.3) is 0 Å². The van der Waals surface area contributed by atoms with Crippen LogP contribution in [0.1, 0.15) is 29.8 Å². The first-order valence-electron chi connectivity index (χ1n) is 5.56. The molecule has 0 unspecified atom stereocenters. The van der Waals surface area contributed by atoms with Gasteiger partial charge in [-0.25, -0.2) is 4.98 Å². The van der Waals surface area contributed by atoms with Gasteiger partial charge >= 0.3 is 0 Å². The molecule has 1 amide bonds. The molecule has 0 saturated carbocycles. The molecule has 0 fully saturated rings. The first kappa shape index (κ1) is 11.3. The van der Waals surface area contributed by atoms with E-state index in [2.05, 4.69) is 22.5 Å². The predicted octanol–water partition coefficient (Wildman–Crippen LogP) is 3.05. The largest absolute Gasteiger partial charge is 0.302 e. The third-order valence-electron chi connectivity index (χ3n) is 2.90. The molecule has 0 spiro atoms. The van der Waals surface area contributed by atoms with E-state index in [1.54, 1.807) is 11.3 Å². The van der Waals surface area contributed by atoms with Gasteiger partial charge in [-0.15, -0.1) is 11.3 Å². The number of carbonyl (C=O) groups excluding carboxylic acids is 1. The van der Waals surface area contributed by atoms with Crippen LogP contribution in [0.4, 0.5) is 5.13 Å². The Balaban J connectivity index is 1.99. The number of thiazole rings is 1. The summed E-state index contributed by atoms with van der Waals surface area (Å²) in [5.41, 5.74) is 1.00. The summed E-state index contributed by atoms with van der Waals surface area (Å²) < 4.78 is 0. The van der Waals surface area contributed by atoms with E-state index in [9.17, 15) is 4.79 Å². The number of aromatic nitrogens is 1. The molecule has 0 saturated heterocycles. The second-order valence-electron chi connectivity index (χ2n) is 4.13. The SMILES string of the molecule is Cc1nc(NC(=O)[C@H]2CC=CCC2)sc1C. The Kier molecular flexibility index (Phi) is 3.39. The smallest absolute Gasteiger partial charge is 0.229 e. The van der Waals surface area contributed by atoms with Gasteiger partial charge in [0.1, 0.15) is 0 Å². The highest BCUT2D eigenvalue weighted by atomic mass is 32.1. The van der Waals surface area contributed by atoms with Crippen LogP contribution in [-0.2, 0) is 4.79 Å². The summed E-state index contributed by atoms with van der Waals surface area (Å²) in [6.07, 6.45) is 7.04. The van der Waals surface area contributed by atoms with Crippen LogP contribution in [0, 0.1) is 19.8 Å². The van der Waals surface area contributed by atoms with E-state index in [1.165, 1.54) is 4.88 Å². The Morgan fingerprint density at radius 3 is 2.88 bits per heavy atom. The normalized spacial score (nSPS) is 19.8. The number of nitrogens with one attached hydrogen (secondary N) is 1. The van der Waals surface area contributed by atoms with Crippen LogP contribution in [0.15, 0.2) is 12.2 Å². The highest BCUT2D eigenvalue weighted by molar-refractivity contribution is 7.15. The molecule has 0 aromatic carbocycles. The average molecular weight is 236 g/mol. The lowest BCUT2D eigenvalue weighted by atomic mass is 9.94. The topological polar surface area (TPSA) is 42.0 Å². The van der Waals surface area contributed by atoms with Crippen LogP contribution in [0.2, 0.25) is 0 Å². The van der Waals surface area contributed by atoms with Crippen LogP contribution in [0.5, 0.6) is 0 Å². The minimum atomic E-state index is 0.109. The maximum atomic E-state index is 11.9. The molecule has 1 N–H and O–H groups in total. The maximum absolute atomic E-state index is 11.9. The number of aryl methyl sites for hydroxylation is 2. The van der Waals surface area contributed by atoms with Crippen molar-refractivity contribution >= 4 is 22.4 Å². The molecule has 0 radical (unpaired) electrons. The Labute approximate surface area is 99.6 Å². The van der Waals surface area contributed by atoms with Crippen molar-refractivity contribution < 1.29 is 4.79 Å². The van der Waals surface area contributed by atoms with Gasteiger partial charge in [0.2, 0.25) is 5.91 Å². The quantitative estimate of drug-likeness (QED) is 0.802. The summed E-state index contributed by atoms with van der Waals surface area (Å²) in [7, 11) is 0. The van der Waals surface area contributed by atoms with E-state index in [-0.39, 0.29) is 11.8 Å². The fourth-order valence-corrected chi connectivity index (χ4v) is 2.58. The number of nitrogens with zero attached hydrogens (tertiary/aromatic N) is 1. The summed E-state index contributed by atoms with van der Waals surface area (Å²) in [4.78, 5) is 17.4. The molecule has 16 heavy (non-hydrogen) atoms. The molecule has 4 heteroatoms. The maximum Gasteiger partial charge on any atom is 0.229 e. The third-order valence-corrected chi connectivity index (χ3v) is 3.89. The van der Waals surface area contributed by atoms with Gasteiger partial charge in [-0.3, -0.25) is 4.79 Å². The summed E-state index contributed by atoms with van der Waals surface area (Å²) in [5, 5.41) is 3.64. The van der Waals surface area contributed by atoms with Crippen molar-refractivity contribution in [2.24, 2.45) is 5.92 Å². The monoisotopic (exact) mass is 236 g/mol. The number of amides is 1. The second-order valence-corrected chi connectivity index (χ2v) is 5.33. The lowest BCUT2D eigenvalue weighted by Crippen LogP contribution is -2.23. The Hall–Kier alpha value is -1.16. The van der Waals surface area contributed by atoms with Gasteiger partial charge in [0.15, 0.2) is 5.13 Å². The zero-order chi connectivity index (χ0) is 11.5. The number of hydrogen-bond acceptors (Lipinski definition) is 3. The highest BCUT2D eigenvalue weighted by Gasteiger charge is 2.19. The third kappa shape index (κ3) is 2.50. The second kappa shape index (κ2) is 4.78. The number of hydrogen-bond donors (Lipinski definition) is 1. The number of carbonyl (C=O) groups is 1. The van der Waals surface area contributed by atoms with Crippen molar-refractivity contribution in [2.75, 3.05) is 5.32 Å². The fraction of sp³-hybridized carbons (Fsp3) is 0.500. The van der Waals surface area contributed by atoms with Gasteiger partial charge in [0.25, 0.3) is 0 Å². The molecular formula is C12H16N2OS. The molecule has 1 heterocycles. The average Bonchev–Trinajstić information content (AvgIpc) is 2.59. The van der Waals surface area contributed by atoms with Crippen molar-refractivity contribution in [1.29, 1.82) is 0 Å². The summed E-state index contributed by atoms with van der Waals surface area (Å²) in [6, 6.07) is 0. The fourth-order valence-electron chi connectivity index (χ4n) is 1.77. The zero-order valence-electron chi connectivity index (χ0n) is 9.62. The molecule has 1 aromatic rings. The number of anilines is 1. The Morgan fingerprint density at radius 2 is 2.31 bits per heavy atom. The van der Waals surface area contributed by atoms with Gasteiger partial charge in [-0.2, -0.15) is 0 Å². The Morgan fingerprint density at radius 1 is 1.50 bits per heavy atom. The van der Waals surface area contributed by atoms with Crippen LogP contribution in [0.3, 0.4) is 0 Å². The molecule has 0 aliphatic heterocycles. The summed E-state index contributed by atoms with van der Waals surface area (Å²) in [5.74, 6) is 0.229. The van der Waals surface area contributed by atoms with Crippen LogP contribution < -0.4 is 5.32 Å². The molecule has 1 aromatic heterocycles. The van der Waals surface area contributed by atoms with E-state index in [1.807, 2.05) is 13.8 Å². The first-order valence-corrected chi connectivity index (χ1v) is 6.38. The van der Waals surface area contributed by atoms with Gasteiger partial charge in [0.05, 0.1) is 5.69 Å². The molecule has 2 rings (SSSR count). The molecule has 1 atom stereocenters. The van der Waals surface area contributed by atoms with Gasteiger partial charge in [0, 0.05) is 10.8 Å². The first-order chi connectivity index (χ1) is 7.66. The molecular weight excluding hydrogens is 220 g/mol. The van der Waals surface area contributed by atoms with Crippen molar-refractivity contribution in [3.8, 4) is 0 Å². The number of allylic oxidation sites excluding steroid dienone is 2.